The minimum atomic E-state index is -1.04. The molecule has 0 aromatic carbocycles. The summed E-state index contributed by atoms with van der Waals surface area (Å²) in [4.78, 5) is 14.1. The Morgan fingerprint density at radius 1 is 0.830 bits per heavy atom. The van der Waals surface area contributed by atoms with Crippen molar-refractivity contribution in [3.05, 3.63) is 12.2 Å². The molecule has 3 rings (SSSR count). The van der Waals surface area contributed by atoms with E-state index in [1.807, 2.05) is 27.7 Å². The summed E-state index contributed by atoms with van der Waals surface area (Å²) in [7, 11) is 0. The lowest BCUT2D eigenvalue weighted by Gasteiger charge is -2.49. The number of carbonyl (C=O) groups excluding carboxylic acids is 1. The number of aliphatic hydroxyl groups excluding tert-OH is 2. The molecule has 3 heterocycles. The first-order valence-electron chi connectivity index (χ1n) is 18.5. The highest BCUT2D eigenvalue weighted by Gasteiger charge is 2.49. The second-order valence-corrected chi connectivity index (χ2v) is 17.3. The summed E-state index contributed by atoms with van der Waals surface area (Å²) in [5.41, 5.74) is -0.0982. The summed E-state index contributed by atoms with van der Waals surface area (Å²) < 4.78 is 33.1. The number of aliphatic hydroxyl groups is 2. The molecule has 0 amide bonds. The molecule has 8 heteroatoms. The molecule has 0 aromatic rings. The highest BCUT2D eigenvalue weighted by Crippen LogP contribution is 2.46. The van der Waals surface area contributed by atoms with Crippen LogP contribution in [-0.4, -0.2) is 71.5 Å². The van der Waals surface area contributed by atoms with Crippen LogP contribution in [0.5, 0.6) is 0 Å². The molecule has 0 aromatic heterocycles. The monoisotopic (exact) mass is 667 g/mol. The van der Waals surface area contributed by atoms with Crippen LogP contribution in [0.15, 0.2) is 12.2 Å². The summed E-state index contributed by atoms with van der Waals surface area (Å²) in [5, 5.41) is 22.9. The van der Waals surface area contributed by atoms with Crippen LogP contribution >= 0.6 is 0 Å². The van der Waals surface area contributed by atoms with E-state index in [1.54, 1.807) is 0 Å². The number of rotatable bonds is 5. The molecule has 3 saturated heterocycles. The van der Waals surface area contributed by atoms with Crippen LogP contribution in [0.1, 0.15) is 123 Å². The Hall–Kier alpha value is -1.03. The first kappa shape index (κ1) is 40.4. The van der Waals surface area contributed by atoms with Crippen molar-refractivity contribution in [2.45, 2.75) is 178 Å². The molecule has 0 spiro atoms. The van der Waals surface area contributed by atoms with Crippen LogP contribution in [0.3, 0.4) is 0 Å². The third kappa shape index (κ3) is 9.21. The Balaban J connectivity index is 2.13. The summed E-state index contributed by atoms with van der Waals surface area (Å²) >= 11 is 0. The third-order valence-corrected chi connectivity index (χ3v) is 12.5. The molecule has 3 aliphatic heterocycles. The molecule has 2 N–H and O–H groups in total. The van der Waals surface area contributed by atoms with Crippen molar-refractivity contribution in [2.75, 3.05) is 0 Å². The zero-order valence-electron chi connectivity index (χ0n) is 32.1. The van der Waals surface area contributed by atoms with Gasteiger partial charge in [-0.25, -0.2) is 0 Å². The standard InChI is InChI=1S/C39H70O8/c1-16-30-24(6)33(41)25(7)32(40)21(3)18-39(14,15)35(47-37-23(5)20(2)17-22(4)43-37)26(8)34(27(9)36(42)45-30)46-31-19-38(12,13)28(10)29(11)44-31/h20-23,25-35,37,40-41H,6,16-19H2,1-5,7-15H3/t20-,21+,22+,23+,25-,26-,27+,28-,29-,30+,31-,32-,33?,34-,35+,37-/m0/s1. The van der Waals surface area contributed by atoms with E-state index in [4.69, 9.17) is 23.7 Å². The number of ether oxygens (including phenoxy) is 5. The van der Waals surface area contributed by atoms with Gasteiger partial charge in [-0.1, -0.05) is 82.7 Å². The number of cyclic esters (lactones) is 1. The van der Waals surface area contributed by atoms with Gasteiger partial charge in [-0.3, -0.25) is 4.79 Å². The summed E-state index contributed by atoms with van der Waals surface area (Å²) in [5.74, 6) is -1.11. The van der Waals surface area contributed by atoms with Crippen LogP contribution in [0.2, 0.25) is 0 Å². The second-order valence-electron chi connectivity index (χ2n) is 17.3. The quantitative estimate of drug-likeness (QED) is 0.229. The maximum Gasteiger partial charge on any atom is 0.311 e. The molecule has 0 saturated carbocycles. The summed E-state index contributed by atoms with van der Waals surface area (Å²) in [6.45, 7) is 33.6. The normalized spacial score (nSPS) is 47.1. The minimum absolute atomic E-state index is 0.0126. The predicted molar refractivity (Wildman–Crippen MR) is 185 cm³/mol. The summed E-state index contributed by atoms with van der Waals surface area (Å²) in [6, 6.07) is 0. The van der Waals surface area contributed by atoms with Gasteiger partial charge in [0.1, 0.15) is 6.10 Å². The molecule has 16 atom stereocenters. The molecule has 0 radical (unpaired) electrons. The average molecular weight is 667 g/mol. The molecule has 0 aliphatic carbocycles. The van der Waals surface area contributed by atoms with Gasteiger partial charge in [0.15, 0.2) is 12.6 Å². The fourth-order valence-electron chi connectivity index (χ4n) is 8.62. The topological polar surface area (TPSA) is 104 Å². The number of hydrogen-bond acceptors (Lipinski definition) is 8. The molecule has 3 aliphatic rings. The second kappa shape index (κ2) is 15.9. The van der Waals surface area contributed by atoms with Crippen LogP contribution in [0, 0.1) is 52.3 Å². The smallest absolute Gasteiger partial charge is 0.311 e. The lowest BCUT2D eigenvalue weighted by molar-refractivity contribution is -0.293. The van der Waals surface area contributed by atoms with Crippen LogP contribution in [-0.2, 0) is 28.5 Å². The third-order valence-electron chi connectivity index (χ3n) is 12.5. The highest BCUT2D eigenvalue weighted by molar-refractivity contribution is 5.73. The lowest BCUT2D eigenvalue weighted by Crippen LogP contribution is -2.54. The lowest BCUT2D eigenvalue weighted by atomic mass is 9.69. The number of hydrogen-bond donors (Lipinski definition) is 2. The fourth-order valence-corrected chi connectivity index (χ4v) is 8.62. The minimum Gasteiger partial charge on any atom is -0.457 e. The maximum atomic E-state index is 14.1. The van der Waals surface area contributed by atoms with E-state index in [2.05, 4.69) is 75.8 Å². The van der Waals surface area contributed by atoms with E-state index in [9.17, 15) is 15.0 Å². The maximum absolute atomic E-state index is 14.1. The van der Waals surface area contributed by atoms with Gasteiger partial charge in [-0.05, 0) is 74.2 Å². The largest absolute Gasteiger partial charge is 0.457 e. The van der Waals surface area contributed by atoms with E-state index < -0.39 is 66.3 Å². The van der Waals surface area contributed by atoms with Gasteiger partial charge in [0, 0.05) is 24.2 Å². The van der Waals surface area contributed by atoms with Crippen molar-refractivity contribution in [2.24, 2.45) is 52.3 Å². The number of carbonyl (C=O) groups is 1. The molecular formula is C39H70O8. The first-order chi connectivity index (χ1) is 21.6. The molecule has 3 fully saturated rings. The fraction of sp³-hybridized carbons (Fsp3) is 0.923. The van der Waals surface area contributed by atoms with E-state index in [-0.39, 0.29) is 35.4 Å². The van der Waals surface area contributed by atoms with E-state index in [0.29, 0.717) is 36.7 Å². The van der Waals surface area contributed by atoms with Crippen molar-refractivity contribution in [3.63, 3.8) is 0 Å². The highest BCUT2D eigenvalue weighted by atomic mass is 16.7. The van der Waals surface area contributed by atoms with Crippen molar-refractivity contribution >= 4 is 5.97 Å². The molecular weight excluding hydrogens is 596 g/mol. The number of esters is 1. The first-order valence-corrected chi connectivity index (χ1v) is 18.5. The predicted octanol–water partition coefficient (Wildman–Crippen LogP) is 7.54. The van der Waals surface area contributed by atoms with Gasteiger partial charge < -0.3 is 33.9 Å². The molecule has 1 unspecified atom stereocenters. The molecule has 47 heavy (non-hydrogen) atoms. The van der Waals surface area contributed by atoms with Crippen molar-refractivity contribution in [1.29, 1.82) is 0 Å². The summed E-state index contributed by atoms with van der Waals surface area (Å²) in [6.07, 6.45) is -1.72. The Labute approximate surface area is 286 Å². The molecule has 274 valence electrons. The van der Waals surface area contributed by atoms with Crippen molar-refractivity contribution in [1.82, 2.24) is 0 Å². The van der Waals surface area contributed by atoms with Crippen LogP contribution in [0.4, 0.5) is 0 Å². The SMILES string of the molecule is C=C1C(O)[C@@H](C)[C@@H](O)[C@H](C)CC(C)(C)[C@H](O[C@@H]2O[C@H](C)C[C@H](C)[C@H]2C)[C@@H](C)[C@H](O[C@H]2CC(C)(C)[C@@H](C)[C@H](C)O2)[C@@H](C)C(=O)O[C@@H]1CC. The van der Waals surface area contributed by atoms with Crippen molar-refractivity contribution in [3.8, 4) is 0 Å². The van der Waals surface area contributed by atoms with Gasteiger partial charge in [0.2, 0.25) is 0 Å². The van der Waals surface area contributed by atoms with Gasteiger partial charge in [0.25, 0.3) is 0 Å². The Morgan fingerprint density at radius 3 is 2.02 bits per heavy atom. The Bertz CT molecular complexity index is 1040. The Morgan fingerprint density at radius 2 is 1.45 bits per heavy atom. The molecule has 0 bridgehead atoms. The van der Waals surface area contributed by atoms with Gasteiger partial charge in [-0.15, -0.1) is 0 Å². The van der Waals surface area contributed by atoms with E-state index >= 15 is 0 Å². The van der Waals surface area contributed by atoms with Gasteiger partial charge >= 0.3 is 5.97 Å². The van der Waals surface area contributed by atoms with Crippen LogP contribution in [0.25, 0.3) is 0 Å². The van der Waals surface area contributed by atoms with E-state index in [1.165, 1.54) is 0 Å². The average Bonchev–Trinajstić information content (AvgIpc) is 2.98. The van der Waals surface area contributed by atoms with Gasteiger partial charge in [-0.2, -0.15) is 0 Å². The van der Waals surface area contributed by atoms with E-state index in [0.717, 1.165) is 6.42 Å². The molecule has 8 nitrogen and oxygen atoms in total. The van der Waals surface area contributed by atoms with Crippen molar-refractivity contribution < 1.29 is 38.7 Å². The van der Waals surface area contributed by atoms with Crippen LogP contribution < -0.4 is 0 Å². The zero-order valence-corrected chi connectivity index (χ0v) is 32.1. The Kier molecular flexibility index (Phi) is 13.7. The zero-order chi connectivity index (χ0) is 35.8. The van der Waals surface area contributed by atoms with Gasteiger partial charge in [0.05, 0.1) is 42.5 Å².